The summed E-state index contributed by atoms with van der Waals surface area (Å²) in [6.45, 7) is 8.49. The lowest BCUT2D eigenvalue weighted by Crippen LogP contribution is -2.55. The van der Waals surface area contributed by atoms with E-state index in [1.165, 1.54) is 0 Å². The molecule has 1 saturated heterocycles. The molecule has 2 aliphatic rings. The second kappa shape index (κ2) is 6.87. The van der Waals surface area contributed by atoms with Gasteiger partial charge in [0, 0.05) is 31.2 Å². The van der Waals surface area contributed by atoms with Crippen molar-refractivity contribution in [3.63, 3.8) is 0 Å². The van der Waals surface area contributed by atoms with Crippen LogP contribution in [0.5, 0.6) is 0 Å². The molecule has 0 radical (unpaired) electrons. The number of nitrogens with two attached hydrogens (primary N) is 1. The highest BCUT2D eigenvalue weighted by atomic mass is 16.5. The third-order valence-corrected chi connectivity index (χ3v) is 4.60. The molecule has 3 unspecified atom stereocenters. The molecule has 0 bridgehead atoms. The molecule has 5 heteroatoms. The Hall–Kier alpha value is -0.650. The van der Waals surface area contributed by atoms with Crippen molar-refractivity contribution in [1.29, 1.82) is 0 Å². The summed E-state index contributed by atoms with van der Waals surface area (Å²) >= 11 is 0. The number of nitrogens with one attached hydrogen (secondary N) is 1. The lowest BCUT2D eigenvalue weighted by atomic mass is 9.74. The number of carbonyl (C=O) groups excluding carboxylic acids is 1. The predicted molar refractivity (Wildman–Crippen MR) is 79.4 cm³/mol. The lowest BCUT2D eigenvalue weighted by molar-refractivity contribution is -0.128. The van der Waals surface area contributed by atoms with Gasteiger partial charge < -0.3 is 15.8 Å². The molecule has 0 aromatic heterocycles. The Morgan fingerprint density at radius 2 is 2.15 bits per heavy atom. The van der Waals surface area contributed by atoms with E-state index in [2.05, 4.69) is 17.1 Å². The molecule has 2 rings (SSSR count). The quantitative estimate of drug-likeness (QED) is 0.798. The van der Waals surface area contributed by atoms with Crippen LogP contribution in [0, 0.1) is 5.92 Å². The van der Waals surface area contributed by atoms with Crippen molar-refractivity contribution >= 4 is 5.91 Å². The van der Waals surface area contributed by atoms with Crippen LogP contribution in [0.3, 0.4) is 0 Å². The molecule has 1 heterocycles. The topological polar surface area (TPSA) is 67.6 Å². The van der Waals surface area contributed by atoms with Gasteiger partial charge in [0.25, 0.3) is 0 Å². The van der Waals surface area contributed by atoms with E-state index in [-0.39, 0.29) is 23.4 Å². The summed E-state index contributed by atoms with van der Waals surface area (Å²) in [6.07, 6.45) is 4.12. The first kappa shape index (κ1) is 15.7. The molecule has 0 spiro atoms. The summed E-state index contributed by atoms with van der Waals surface area (Å²) in [5, 5.41) is 3.15. The van der Waals surface area contributed by atoms with Gasteiger partial charge in [-0.2, -0.15) is 0 Å². The van der Waals surface area contributed by atoms with Gasteiger partial charge >= 0.3 is 0 Å². The van der Waals surface area contributed by atoms with Gasteiger partial charge in [-0.25, -0.2) is 0 Å². The van der Waals surface area contributed by atoms with Gasteiger partial charge in [-0.1, -0.05) is 12.8 Å². The molecule has 1 amide bonds. The Balaban J connectivity index is 1.80. The summed E-state index contributed by atoms with van der Waals surface area (Å²) in [4.78, 5) is 14.8. The van der Waals surface area contributed by atoms with Gasteiger partial charge in [-0.15, -0.1) is 0 Å². The van der Waals surface area contributed by atoms with Crippen LogP contribution in [0.4, 0.5) is 0 Å². The average Bonchev–Trinajstić information content (AvgIpc) is 2.38. The summed E-state index contributed by atoms with van der Waals surface area (Å²) in [6, 6.07) is 0.165. The number of hydrogen-bond acceptors (Lipinski definition) is 4. The van der Waals surface area contributed by atoms with E-state index >= 15 is 0 Å². The first-order chi connectivity index (χ1) is 9.49. The van der Waals surface area contributed by atoms with Gasteiger partial charge in [0.15, 0.2) is 0 Å². The smallest absolute Gasteiger partial charge is 0.225 e. The molecule has 1 saturated carbocycles. The summed E-state index contributed by atoms with van der Waals surface area (Å²) in [5.41, 5.74) is 5.95. The Bertz CT molecular complexity index is 327. The predicted octanol–water partition coefficient (Wildman–Crippen LogP) is 0.731. The van der Waals surface area contributed by atoms with Crippen LogP contribution in [0.2, 0.25) is 0 Å². The van der Waals surface area contributed by atoms with Crippen LogP contribution >= 0.6 is 0 Å². The van der Waals surface area contributed by atoms with Gasteiger partial charge in [-0.05, 0) is 26.7 Å². The lowest BCUT2D eigenvalue weighted by Gasteiger charge is -2.38. The first-order valence-electron chi connectivity index (χ1n) is 7.88. The molecule has 2 fully saturated rings. The second-order valence-corrected chi connectivity index (χ2v) is 6.63. The minimum atomic E-state index is -0.346. The van der Waals surface area contributed by atoms with Crippen LogP contribution in [0.15, 0.2) is 0 Å². The van der Waals surface area contributed by atoms with Crippen LogP contribution in [-0.2, 0) is 9.53 Å². The van der Waals surface area contributed by atoms with Crippen LogP contribution in [0.1, 0.15) is 39.5 Å². The highest BCUT2D eigenvalue weighted by molar-refractivity contribution is 5.80. The molecule has 3 N–H and O–H groups in total. The first-order valence-corrected chi connectivity index (χ1v) is 7.88. The Kier molecular flexibility index (Phi) is 5.41. The molecule has 0 aromatic rings. The van der Waals surface area contributed by atoms with Crippen LogP contribution in [0.25, 0.3) is 0 Å². The minimum absolute atomic E-state index is 0.0385. The minimum Gasteiger partial charge on any atom is -0.379 e. The molecule has 1 aliphatic heterocycles. The van der Waals surface area contributed by atoms with Gasteiger partial charge in [0.1, 0.15) is 0 Å². The fraction of sp³-hybridized carbons (Fsp3) is 0.933. The monoisotopic (exact) mass is 283 g/mol. The standard InChI is InChI=1S/C15H29N3O2/c1-12(11-18-7-9-20-10-8-18)17-14(19)13-5-3-4-6-15(13,2)16/h12-13H,3-11,16H2,1-2H3,(H,17,19). The van der Waals surface area contributed by atoms with Crippen molar-refractivity contribution < 1.29 is 9.53 Å². The Labute approximate surface area is 122 Å². The maximum absolute atomic E-state index is 12.4. The highest BCUT2D eigenvalue weighted by Crippen LogP contribution is 2.31. The summed E-state index contributed by atoms with van der Waals surface area (Å²) in [7, 11) is 0. The second-order valence-electron chi connectivity index (χ2n) is 6.63. The summed E-state index contributed by atoms with van der Waals surface area (Å²) < 4.78 is 5.34. The van der Waals surface area contributed by atoms with E-state index in [0.29, 0.717) is 0 Å². The third kappa shape index (κ3) is 4.17. The van der Waals surface area contributed by atoms with Crippen molar-refractivity contribution in [2.45, 2.75) is 51.1 Å². The van der Waals surface area contributed by atoms with Gasteiger partial charge in [0.2, 0.25) is 5.91 Å². The van der Waals surface area contributed by atoms with Crippen molar-refractivity contribution in [3.8, 4) is 0 Å². The zero-order valence-electron chi connectivity index (χ0n) is 12.9. The van der Waals surface area contributed by atoms with E-state index in [1.54, 1.807) is 0 Å². The highest BCUT2D eigenvalue weighted by Gasteiger charge is 2.38. The number of carbonyl (C=O) groups is 1. The largest absolute Gasteiger partial charge is 0.379 e. The number of morpholine rings is 1. The molecule has 20 heavy (non-hydrogen) atoms. The number of amides is 1. The number of nitrogens with zero attached hydrogens (tertiary/aromatic N) is 1. The molecule has 0 aromatic carbocycles. The van der Waals surface area contributed by atoms with E-state index in [4.69, 9.17) is 10.5 Å². The number of rotatable bonds is 4. The summed E-state index contributed by atoms with van der Waals surface area (Å²) in [5.74, 6) is 0.0962. The van der Waals surface area contributed by atoms with Crippen LogP contribution in [-0.4, -0.2) is 55.2 Å². The van der Waals surface area contributed by atoms with E-state index in [0.717, 1.165) is 58.5 Å². The van der Waals surface area contributed by atoms with Gasteiger partial charge in [0.05, 0.1) is 19.1 Å². The fourth-order valence-electron chi connectivity index (χ4n) is 3.35. The zero-order chi connectivity index (χ0) is 14.6. The Morgan fingerprint density at radius 1 is 1.45 bits per heavy atom. The Morgan fingerprint density at radius 3 is 2.80 bits per heavy atom. The van der Waals surface area contributed by atoms with E-state index < -0.39 is 0 Å². The fourth-order valence-corrected chi connectivity index (χ4v) is 3.35. The molecule has 5 nitrogen and oxygen atoms in total. The van der Waals surface area contributed by atoms with Crippen LogP contribution < -0.4 is 11.1 Å². The maximum Gasteiger partial charge on any atom is 0.225 e. The normalized spacial score (nSPS) is 33.6. The zero-order valence-corrected chi connectivity index (χ0v) is 12.9. The molecular weight excluding hydrogens is 254 g/mol. The molecule has 3 atom stereocenters. The van der Waals surface area contributed by atoms with Crippen molar-refractivity contribution in [1.82, 2.24) is 10.2 Å². The SMILES string of the molecule is CC(CN1CCOCC1)NC(=O)C1CCCCC1(C)N. The van der Waals surface area contributed by atoms with Crippen molar-refractivity contribution in [2.75, 3.05) is 32.8 Å². The molecule has 1 aliphatic carbocycles. The average molecular weight is 283 g/mol. The van der Waals surface area contributed by atoms with Crippen molar-refractivity contribution in [2.24, 2.45) is 11.7 Å². The number of hydrogen-bond donors (Lipinski definition) is 2. The molecule has 116 valence electrons. The molecular formula is C15H29N3O2. The van der Waals surface area contributed by atoms with Gasteiger partial charge in [-0.3, -0.25) is 9.69 Å². The maximum atomic E-state index is 12.4. The third-order valence-electron chi connectivity index (χ3n) is 4.60. The van der Waals surface area contributed by atoms with Crippen molar-refractivity contribution in [3.05, 3.63) is 0 Å². The van der Waals surface area contributed by atoms with E-state index in [1.807, 2.05) is 6.92 Å². The number of ether oxygens (including phenoxy) is 1. The van der Waals surface area contributed by atoms with E-state index in [9.17, 15) is 4.79 Å².